The van der Waals surface area contributed by atoms with Gasteiger partial charge in [0.15, 0.2) is 0 Å². The molecule has 1 aromatic carbocycles. The predicted octanol–water partition coefficient (Wildman–Crippen LogP) is 3.22. The fourth-order valence-corrected chi connectivity index (χ4v) is 2.11. The minimum atomic E-state index is 0.598. The van der Waals surface area contributed by atoms with E-state index in [4.69, 9.17) is 4.74 Å². The molecule has 1 saturated carbocycles. The summed E-state index contributed by atoms with van der Waals surface area (Å²) in [7, 11) is 0. The van der Waals surface area contributed by atoms with Crippen LogP contribution in [0.3, 0.4) is 0 Å². The van der Waals surface area contributed by atoms with Gasteiger partial charge in [0, 0.05) is 36.1 Å². The van der Waals surface area contributed by atoms with Gasteiger partial charge in [0.2, 0.25) is 0 Å². The first-order valence-corrected chi connectivity index (χ1v) is 7.17. The van der Waals surface area contributed by atoms with Crippen molar-refractivity contribution >= 4 is 0 Å². The molecule has 0 atom stereocenters. The zero-order chi connectivity index (χ0) is 13.8. The third kappa shape index (κ3) is 3.58. The Hall–Kier alpha value is -1.87. The van der Waals surface area contributed by atoms with Crippen molar-refractivity contribution in [2.24, 2.45) is 0 Å². The Morgan fingerprint density at radius 3 is 2.80 bits per heavy atom. The lowest BCUT2D eigenvalue weighted by Crippen LogP contribution is -2.16. The maximum atomic E-state index is 5.98. The molecule has 1 N–H and O–H groups in total. The summed E-state index contributed by atoms with van der Waals surface area (Å²) in [6.45, 7) is 3.43. The van der Waals surface area contributed by atoms with Gasteiger partial charge >= 0.3 is 0 Å². The average Bonchev–Trinajstić information content (AvgIpc) is 3.29. The molecular weight excluding hydrogens is 248 g/mol. The van der Waals surface area contributed by atoms with Crippen LogP contribution >= 0.6 is 0 Å². The molecular formula is C17H20N2O. The van der Waals surface area contributed by atoms with Gasteiger partial charge in [-0.15, -0.1) is 0 Å². The third-order valence-electron chi connectivity index (χ3n) is 3.48. The monoisotopic (exact) mass is 268 g/mol. The van der Waals surface area contributed by atoms with Gasteiger partial charge in [-0.1, -0.05) is 30.3 Å². The Bertz CT molecular complexity index is 564. The highest BCUT2D eigenvalue weighted by atomic mass is 16.5. The zero-order valence-corrected chi connectivity index (χ0v) is 11.8. The molecule has 2 aromatic rings. The van der Waals surface area contributed by atoms with E-state index >= 15 is 0 Å². The average molecular weight is 268 g/mol. The van der Waals surface area contributed by atoms with Gasteiger partial charge in [-0.2, -0.15) is 0 Å². The number of aromatic nitrogens is 1. The van der Waals surface area contributed by atoms with Crippen LogP contribution in [0.15, 0.2) is 42.6 Å². The highest BCUT2D eigenvalue weighted by molar-refractivity contribution is 5.33. The first-order valence-electron chi connectivity index (χ1n) is 7.17. The SMILES string of the molecule is Cc1cc(OCc2ccccc2)c(CNC2CC2)cn1. The van der Waals surface area contributed by atoms with Crippen molar-refractivity contribution in [2.75, 3.05) is 0 Å². The number of nitrogens with zero attached hydrogens (tertiary/aromatic N) is 1. The number of pyridine rings is 1. The van der Waals surface area contributed by atoms with Crippen LogP contribution in [0, 0.1) is 6.92 Å². The topological polar surface area (TPSA) is 34.1 Å². The van der Waals surface area contributed by atoms with Crippen LogP contribution in [0.2, 0.25) is 0 Å². The minimum absolute atomic E-state index is 0.598. The normalized spacial score (nSPS) is 14.2. The van der Waals surface area contributed by atoms with E-state index in [-0.39, 0.29) is 0 Å². The summed E-state index contributed by atoms with van der Waals surface area (Å²) in [5.41, 5.74) is 3.31. The Labute approximate surface area is 120 Å². The molecule has 1 fully saturated rings. The molecule has 0 unspecified atom stereocenters. The van der Waals surface area contributed by atoms with Gasteiger partial charge in [-0.05, 0) is 25.3 Å². The Balaban J connectivity index is 1.67. The Morgan fingerprint density at radius 2 is 2.05 bits per heavy atom. The molecule has 0 spiro atoms. The van der Waals surface area contributed by atoms with Crippen molar-refractivity contribution < 1.29 is 4.74 Å². The molecule has 1 aliphatic carbocycles. The number of aryl methyl sites for hydroxylation is 1. The second-order valence-electron chi connectivity index (χ2n) is 5.36. The summed E-state index contributed by atoms with van der Waals surface area (Å²) in [5.74, 6) is 0.939. The van der Waals surface area contributed by atoms with Crippen LogP contribution in [-0.4, -0.2) is 11.0 Å². The maximum absolute atomic E-state index is 5.98. The predicted molar refractivity (Wildman–Crippen MR) is 79.6 cm³/mol. The first kappa shape index (κ1) is 13.1. The number of hydrogen-bond acceptors (Lipinski definition) is 3. The highest BCUT2D eigenvalue weighted by Gasteiger charge is 2.20. The van der Waals surface area contributed by atoms with Crippen LogP contribution in [-0.2, 0) is 13.2 Å². The standard InChI is InChI=1S/C17H20N2O/c1-13-9-17(20-12-14-5-3-2-4-6-14)15(10-18-13)11-19-16-7-8-16/h2-6,9-10,16,19H,7-8,11-12H2,1H3. The summed E-state index contributed by atoms with van der Waals surface area (Å²) in [5, 5.41) is 3.51. The van der Waals surface area contributed by atoms with E-state index in [1.54, 1.807) is 0 Å². The Morgan fingerprint density at radius 1 is 1.25 bits per heavy atom. The fourth-order valence-electron chi connectivity index (χ4n) is 2.11. The second-order valence-corrected chi connectivity index (χ2v) is 5.36. The number of benzene rings is 1. The molecule has 1 aliphatic rings. The first-order chi connectivity index (χ1) is 9.81. The van der Waals surface area contributed by atoms with E-state index in [1.807, 2.05) is 37.4 Å². The lowest BCUT2D eigenvalue weighted by molar-refractivity contribution is 0.301. The van der Waals surface area contributed by atoms with Gasteiger partial charge in [-0.25, -0.2) is 0 Å². The minimum Gasteiger partial charge on any atom is -0.488 e. The van der Waals surface area contributed by atoms with Gasteiger partial charge in [0.25, 0.3) is 0 Å². The molecule has 0 aliphatic heterocycles. The number of ether oxygens (including phenoxy) is 1. The largest absolute Gasteiger partial charge is 0.488 e. The molecule has 1 heterocycles. The van der Waals surface area contributed by atoms with E-state index < -0.39 is 0 Å². The molecule has 0 saturated heterocycles. The maximum Gasteiger partial charge on any atom is 0.127 e. The van der Waals surface area contributed by atoms with E-state index in [2.05, 4.69) is 22.4 Å². The number of nitrogens with one attached hydrogen (secondary N) is 1. The summed E-state index contributed by atoms with van der Waals surface area (Å²) in [4.78, 5) is 4.37. The van der Waals surface area contributed by atoms with Crippen molar-refractivity contribution in [3.8, 4) is 5.75 Å². The van der Waals surface area contributed by atoms with Crippen LogP contribution in [0.4, 0.5) is 0 Å². The fraction of sp³-hybridized carbons (Fsp3) is 0.353. The molecule has 20 heavy (non-hydrogen) atoms. The molecule has 0 amide bonds. The van der Waals surface area contributed by atoms with Crippen molar-refractivity contribution in [3.63, 3.8) is 0 Å². The van der Waals surface area contributed by atoms with E-state index in [0.717, 1.165) is 23.6 Å². The van der Waals surface area contributed by atoms with E-state index in [0.29, 0.717) is 12.6 Å². The quantitative estimate of drug-likeness (QED) is 0.873. The van der Waals surface area contributed by atoms with Crippen LogP contribution in [0.5, 0.6) is 5.75 Å². The lowest BCUT2D eigenvalue weighted by atomic mass is 10.2. The van der Waals surface area contributed by atoms with Crippen molar-refractivity contribution in [1.29, 1.82) is 0 Å². The molecule has 3 rings (SSSR count). The van der Waals surface area contributed by atoms with Gasteiger partial charge in [0.05, 0.1) is 0 Å². The Kier molecular flexibility index (Phi) is 3.97. The van der Waals surface area contributed by atoms with Crippen LogP contribution < -0.4 is 10.1 Å². The van der Waals surface area contributed by atoms with Crippen LogP contribution in [0.25, 0.3) is 0 Å². The molecule has 3 heteroatoms. The van der Waals surface area contributed by atoms with Gasteiger partial charge in [0.1, 0.15) is 12.4 Å². The number of rotatable bonds is 6. The third-order valence-corrected chi connectivity index (χ3v) is 3.48. The zero-order valence-electron chi connectivity index (χ0n) is 11.8. The van der Waals surface area contributed by atoms with Crippen molar-refractivity contribution in [1.82, 2.24) is 10.3 Å². The van der Waals surface area contributed by atoms with Gasteiger partial charge < -0.3 is 10.1 Å². The highest BCUT2D eigenvalue weighted by Crippen LogP contribution is 2.23. The lowest BCUT2D eigenvalue weighted by Gasteiger charge is -2.12. The van der Waals surface area contributed by atoms with Crippen LogP contribution in [0.1, 0.15) is 29.7 Å². The van der Waals surface area contributed by atoms with Crippen molar-refractivity contribution in [2.45, 2.75) is 39.0 Å². The number of hydrogen-bond donors (Lipinski definition) is 1. The molecule has 0 bridgehead atoms. The molecule has 104 valence electrons. The second kappa shape index (κ2) is 6.06. The van der Waals surface area contributed by atoms with Crippen molar-refractivity contribution in [3.05, 3.63) is 59.4 Å². The molecule has 1 aromatic heterocycles. The summed E-state index contributed by atoms with van der Waals surface area (Å²) >= 11 is 0. The van der Waals surface area contributed by atoms with E-state index in [9.17, 15) is 0 Å². The van der Waals surface area contributed by atoms with E-state index in [1.165, 1.54) is 18.4 Å². The summed E-state index contributed by atoms with van der Waals surface area (Å²) < 4.78 is 5.98. The molecule has 0 radical (unpaired) electrons. The van der Waals surface area contributed by atoms with Gasteiger partial charge in [-0.3, -0.25) is 4.98 Å². The summed E-state index contributed by atoms with van der Waals surface area (Å²) in [6.07, 6.45) is 4.50. The smallest absolute Gasteiger partial charge is 0.127 e. The molecule has 3 nitrogen and oxygen atoms in total. The summed E-state index contributed by atoms with van der Waals surface area (Å²) in [6, 6.07) is 13.0.